The van der Waals surface area contributed by atoms with Crippen molar-refractivity contribution in [3.8, 4) is 5.69 Å². The zero-order chi connectivity index (χ0) is 18.9. The lowest BCUT2D eigenvalue weighted by Crippen LogP contribution is -2.03. The molecule has 0 spiro atoms. The first-order valence-electron chi connectivity index (χ1n) is 9.16. The molecule has 142 valence electrons. The fraction of sp³-hybridized carbons (Fsp3) is 0.250. The van der Waals surface area contributed by atoms with Gasteiger partial charge in [0.2, 0.25) is 0 Å². The number of hydrogen-bond donors (Lipinski definition) is 0. The SMILES string of the molecule is Fc1cccc(-n2ccc(CSc3nnc(Cc4cccs4)n3C3CC3)n2)c1. The summed E-state index contributed by atoms with van der Waals surface area (Å²) in [5.74, 6) is 1.48. The number of rotatable bonds is 7. The number of nitrogens with zero attached hydrogens (tertiary/aromatic N) is 5. The molecule has 0 amide bonds. The van der Waals surface area contributed by atoms with E-state index in [9.17, 15) is 4.39 Å². The Kier molecular flexibility index (Phi) is 4.74. The Hall–Kier alpha value is -2.45. The molecule has 4 aromatic rings. The summed E-state index contributed by atoms with van der Waals surface area (Å²) in [6.07, 6.45) is 5.07. The van der Waals surface area contributed by atoms with E-state index in [4.69, 9.17) is 0 Å². The topological polar surface area (TPSA) is 48.5 Å². The van der Waals surface area contributed by atoms with Crippen molar-refractivity contribution in [3.63, 3.8) is 0 Å². The summed E-state index contributed by atoms with van der Waals surface area (Å²) in [4.78, 5) is 1.31. The molecule has 28 heavy (non-hydrogen) atoms. The first-order chi connectivity index (χ1) is 13.8. The van der Waals surface area contributed by atoms with Gasteiger partial charge in [0.1, 0.15) is 11.6 Å². The quantitative estimate of drug-likeness (QED) is 0.407. The molecule has 0 aliphatic heterocycles. The zero-order valence-electron chi connectivity index (χ0n) is 15.0. The Bertz CT molecular complexity index is 1080. The normalized spacial score (nSPS) is 13.9. The molecule has 1 fully saturated rings. The molecule has 0 radical (unpaired) electrons. The van der Waals surface area contributed by atoms with Crippen LogP contribution in [0.1, 0.15) is 35.3 Å². The second-order valence-corrected chi connectivity index (χ2v) is 8.75. The van der Waals surface area contributed by atoms with Gasteiger partial charge in [-0.1, -0.05) is 23.9 Å². The maximum absolute atomic E-state index is 13.4. The van der Waals surface area contributed by atoms with Gasteiger partial charge in [0, 0.05) is 29.3 Å². The van der Waals surface area contributed by atoms with Crippen molar-refractivity contribution >= 4 is 23.1 Å². The predicted molar refractivity (Wildman–Crippen MR) is 109 cm³/mol. The van der Waals surface area contributed by atoms with Crippen LogP contribution in [0.25, 0.3) is 5.69 Å². The van der Waals surface area contributed by atoms with E-state index in [2.05, 4.69) is 37.4 Å². The van der Waals surface area contributed by atoms with Crippen molar-refractivity contribution in [1.29, 1.82) is 0 Å². The van der Waals surface area contributed by atoms with Gasteiger partial charge in [0.15, 0.2) is 5.16 Å². The van der Waals surface area contributed by atoms with E-state index < -0.39 is 0 Å². The molecule has 0 bridgehead atoms. The highest BCUT2D eigenvalue weighted by molar-refractivity contribution is 7.98. The van der Waals surface area contributed by atoms with Crippen LogP contribution in [0.2, 0.25) is 0 Å². The van der Waals surface area contributed by atoms with Crippen molar-refractivity contribution in [3.05, 3.63) is 76.3 Å². The minimum Gasteiger partial charge on any atom is -0.303 e. The third kappa shape index (κ3) is 3.74. The van der Waals surface area contributed by atoms with Crippen molar-refractivity contribution < 1.29 is 4.39 Å². The van der Waals surface area contributed by atoms with Gasteiger partial charge in [-0.05, 0) is 48.6 Å². The lowest BCUT2D eigenvalue weighted by atomic mass is 10.3. The summed E-state index contributed by atoms with van der Waals surface area (Å²) in [5, 5.41) is 16.5. The maximum Gasteiger partial charge on any atom is 0.191 e. The van der Waals surface area contributed by atoms with Crippen LogP contribution >= 0.6 is 23.1 Å². The third-order valence-electron chi connectivity index (χ3n) is 4.63. The van der Waals surface area contributed by atoms with E-state index in [1.165, 1.54) is 29.9 Å². The molecule has 0 atom stereocenters. The number of thioether (sulfide) groups is 1. The molecule has 5 rings (SSSR count). The molecule has 1 saturated carbocycles. The molecule has 5 nitrogen and oxygen atoms in total. The van der Waals surface area contributed by atoms with Crippen LogP contribution in [-0.2, 0) is 12.2 Å². The summed E-state index contributed by atoms with van der Waals surface area (Å²) < 4.78 is 17.4. The minimum atomic E-state index is -0.264. The van der Waals surface area contributed by atoms with Crippen molar-refractivity contribution in [1.82, 2.24) is 24.5 Å². The van der Waals surface area contributed by atoms with Crippen LogP contribution in [0.3, 0.4) is 0 Å². The zero-order valence-corrected chi connectivity index (χ0v) is 16.7. The lowest BCUT2D eigenvalue weighted by molar-refractivity contribution is 0.625. The van der Waals surface area contributed by atoms with Crippen molar-refractivity contribution in [2.45, 2.75) is 36.2 Å². The summed E-state index contributed by atoms with van der Waals surface area (Å²) in [6.45, 7) is 0. The maximum atomic E-state index is 13.4. The summed E-state index contributed by atoms with van der Waals surface area (Å²) in [6, 6.07) is 13.1. The smallest absolute Gasteiger partial charge is 0.191 e. The summed E-state index contributed by atoms with van der Waals surface area (Å²) in [7, 11) is 0. The highest BCUT2D eigenvalue weighted by atomic mass is 32.2. The number of halogens is 1. The standard InChI is InChI=1S/C20H18FN5S2/c21-14-3-1-4-17(11-14)25-9-8-15(24-25)13-28-20-23-22-19(26(20)16-6-7-16)12-18-5-2-10-27-18/h1-5,8-11,16H,6-7,12-13H2. The van der Waals surface area contributed by atoms with Gasteiger partial charge in [-0.3, -0.25) is 0 Å². The number of benzene rings is 1. The molecule has 1 aliphatic rings. The third-order valence-corrected chi connectivity index (χ3v) is 6.48. The van der Waals surface area contributed by atoms with E-state index in [1.54, 1.807) is 33.8 Å². The summed E-state index contributed by atoms with van der Waals surface area (Å²) >= 11 is 3.41. The average molecular weight is 412 g/mol. The Morgan fingerprint density at radius 2 is 2.07 bits per heavy atom. The fourth-order valence-electron chi connectivity index (χ4n) is 3.13. The average Bonchev–Trinajstić information content (AvgIpc) is 3.11. The van der Waals surface area contributed by atoms with Gasteiger partial charge < -0.3 is 4.57 Å². The van der Waals surface area contributed by atoms with Gasteiger partial charge in [0.25, 0.3) is 0 Å². The molecule has 0 unspecified atom stereocenters. The van der Waals surface area contributed by atoms with Crippen LogP contribution in [-0.4, -0.2) is 24.5 Å². The highest BCUT2D eigenvalue weighted by Crippen LogP contribution is 2.39. The van der Waals surface area contributed by atoms with E-state index >= 15 is 0 Å². The van der Waals surface area contributed by atoms with Crippen LogP contribution in [0.15, 0.2) is 59.2 Å². The van der Waals surface area contributed by atoms with E-state index in [0.29, 0.717) is 11.8 Å². The largest absolute Gasteiger partial charge is 0.303 e. The molecular formula is C20H18FN5S2. The molecule has 3 heterocycles. The number of hydrogen-bond acceptors (Lipinski definition) is 5. The molecule has 8 heteroatoms. The molecule has 3 aromatic heterocycles. The van der Waals surface area contributed by atoms with Gasteiger partial charge in [-0.25, -0.2) is 9.07 Å². The highest BCUT2D eigenvalue weighted by Gasteiger charge is 2.29. The second-order valence-electron chi connectivity index (χ2n) is 6.78. The molecule has 1 aromatic carbocycles. The van der Waals surface area contributed by atoms with Crippen molar-refractivity contribution in [2.24, 2.45) is 0 Å². The molecule has 0 N–H and O–H groups in total. The Morgan fingerprint density at radius 3 is 2.86 bits per heavy atom. The minimum absolute atomic E-state index is 0.264. The van der Waals surface area contributed by atoms with Crippen LogP contribution in [0.4, 0.5) is 4.39 Å². The number of thiophene rings is 1. The van der Waals surface area contributed by atoms with E-state index in [0.717, 1.165) is 28.8 Å². The van der Waals surface area contributed by atoms with Crippen LogP contribution in [0.5, 0.6) is 0 Å². The first kappa shape index (κ1) is 17.6. The van der Waals surface area contributed by atoms with Gasteiger partial charge >= 0.3 is 0 Å². The van der Waals surface area contributed by atoms with Gasteiger partial charge in [-0.15, -0.1) is 21.5 Å². The van der Waals surface area contributed by atoms with Crippen molar-refractivity contribution in [2.75, 3.05) is 0 Å². The Labute approximate surface area is 170 Å². The lowest BCUT2D eigenvalue weighted by Gasteiger charge is -2.07. The fourth-order valence-corrected chi connectivity index (χ4v) is 4.76. The monoisotopic (exact) mass is 411 g/mol. The Morgan fingerprint density at radius 1 is 1.14 bits per heavy atom. The van der Waals surface area contributed by atoms with E-state index in [1.807, 2.05) is 18.3 Å². The molecule has 1 aliphatic carbocycles. The van der Waals surface area contributed by atoms with Gasteiger partial charge in [-0.2, -0.15) is 5.10 Å². The molecular weight excluding hydrogens is 393 g/mol. The second kappa shape index (κ2) is 7.52. The van der Waals surface area contributed by atoms with Crippen LogP contribution in [0, 0.1) is 5.82 Å². The predicted octanol–water partition coefficient (Wildman–Crippen LogP) is 4.88. The molecule has 0 saturated heterocycles. The Balaban J connectivity index is 1.31. The summed E-state index contributed by atoms with van der Waals surface area (Å²) in [5.41, 5.74) is 1.65. The first-order valence-corrected chi connectivity index (χ1v) is 11.0. The van der Waals surface area contributed by atoms with E-state index in [-0.39, 0.29) is 5.82 Å². The van der Waals surface area contributed by atoms with Gasteiger partial charge in [0.05, 0.1) is 11.4 Å². The number of aromatic nitrogens is 5. The van der Waals surface area contributed by atoms with Crippen LogP contribution < -0.4 is 0 Å².